The number of fused-ring (bicyclic) bond motifs is 2. The fourth-order valence-electron chi connectivity index (χ4n) is 3.41. The van der Waals surface area contributed by atoms with Crippen LogP contribution >= 0.6 is 11.8 Å². The molecule has 0 radical (unpaired) electrons. The van der Waals surface area contributed by atoms with E-state index in [0.717, 1.165) is 30.6 Å². The van der Waals surface area contributed by atoms with Crippen LogP contribution in [-0.4, -0.2) is 35.2 Å². The van der Waals surface area contributed by atoms with E-state index >= 15 is 0 Å². The van der Waals surface area contributed by atoms with Crippen molar-refractivity contribution in [2.75, 3.05) is 24.0 Å². The highest BCUT2D eigenvalue weighted by Gasteiger charge is 2.23. The zero-order valence-corrected chi connectivity index (χ0v) is 15.8. The van der Waals surface area contributed by atoms with Crippen LogP contribution in [0.25, 0.3) is 11.5 Å². The Balaban J connectivity index is 1.26. The Morgan fingerprint density at radius 2 is 2.00 bits per heavy atom. The van der Waals surface area contributed by atoms with Crippen molar-refractivity contribution >= 4 is 23.4 Å². The fraction of sp³-hybridized carbons (Fsp3) is 0.250. The molecule has 1 amide bonds. The van der Waals surface area contributed by atoms with Crippen LogP contribution < -0.4 is 14.4 Å². The molecule has 0 N–H and O–H groups in total. The second-order valence-electron chi connectivity index (χ2n) is 6.51. The number of para-hydroxylation sites is 1. The van der Waals surface area contributed by atoms with Crippen molar-refractivity contribution in [2.45, 2.75) is 18.1 Å². The summed E-state index contributed by atoms with van der Waals surface area (Å²) in [6.07, 6.45) is 1.98. The second-order valence-corrected chi connectivity index (χ2v) is 7.43. The minimum absolute atomic E-state index is 0.0416. The van der Waals surface area contributed by atoms with Crippen LogP contribution in [0.2, 0.25) is 0 Å². The molecule has 0 saturated carbocycles. The van der Waals surface area contributed by atoms with E-state index in [-0.39, 0.29) is 18.5 Å². The van der Waals surface area contributed by atoms with Gasteiger partial charge in [0, 0.05) is 17.8 Å². The standard InChI is InChI=1S/C20H17N3O4S/c24-18(23-9-3-5-13-4-1-2-6-15(13)23)11-28-20-22-21-19(27-20)14-7-8-16-17(10-14)26-12-25-16/h1-2,4,6-8,10H,3,5,9,11-12H2. The molecule has 28 heavy (non-hydrogen) atoms. The van der Waals surface area contributed by atoms with Crippen molar-refractivity contribution in [1.29, 1.82) is 0 Å². The Morgan fingerprint density at radius 3 is 2.96 bits per heavy atom. The van der Waals surface area contributed by atoms with Crippen LogP contribution in [0.3, 0.4) is 0 Å². The first-order chi connectivity index (χ1) is 13.8. The molecule has 0 bridgehead atoms. The Kier molecular flexibility index (Phi) is 4.40. The number of hydrogen-bond acceptors (Lipinski definition) is 7. The van der Waals surface area contributed by atoms with Crippen LogP contribution in [0.5, 0.6) is 11.5 Å². The molecule has 5 rings (SSSR count). The Bertz CT molecular complexity index is 1040. The SMILES string of the molecule is O=C(CSc1nnc(-c2ccc3c(c2)OCO3)o1)N1CCCc2ccccc21. The summed E-state index contributed by atoms with van der Waals surface area (Å²) in [5, 5.41) is 8.50. The van der Waals surface area contributed by atoms with E-state index in [0.29, 0.717) is 22.6 Å². The van der Waals surface area contributed by atoms with Gasteiger partial charge in [0.15, 0.2) is 11.5 Å². The van der Waals surface area contributed by atoms with Crippen molar-refractivity contribution in [3.63, 3.8) is 0 Å². The van der Waals surface area contributed by atoms with E-state index in [2.05, 4.69) is 16.3 Å². The van der Waals surface area contributed by atoms with Crippen LogP contribution in [0.4, 0.5) is 5.69 Å². The van der Waals surface area contributed by atoms with Gasteiger partial charge >= 0.3 is 0 Å². The quantitative estimate of drug-likeness (QED) is 0.625. The Labute approximate surface area is 165 Å². The van der Waals surface area contributed by atoms with Crippen molar-refractivity contribution in [2.24, 2.45) is 0 Å². The predicted molar refractivity (Wildman–Crippen MR) is 104 cm³/mol. The monoisotopic (exact) mass is 395 g/mol. The van der Waals surface area contributed by atoms with Crippen molar-refractivity contribution in [3.8, 4) is 23.0 Å². The number of benzene rings is 2. The molecule has 0 spiro atoms. The molecule has 0 aliphatic carbocycles. The maximum atomic E-state index is 12.7. The lowest BCUT2D eigenvalue weighted by atomic mass is 10.0. The molecule has 0 atom stereocenters. The molecule has 142 valence electrons. The molecular formula is C20H17N3O4S. The zero-order valence-electron chi connectivity index (χ0n) is 15.0. The van der Waals surface area contributed by atoms with E-state index < -0.39 is 0 Å². The average molecular weight is 395 g/mol. The number of carbonyl (C=O) groups is 1. The number of amides is 1. The number of thioether (sulfide) groups is 1. The molecule has 3 aromatic rings. The number of ether oxygens (including phenoxy) is 2. The maximum absolute atomic E-state index is 12.7. The largest absolute Gasteiger partial charge is 0.454 e. The third kappa shape index (κ3) is 3.20. The molecule has 7 nitrogen and oxygen atoms in total. The number of anilines is 1. The predicted octanol–water partition coefficient (Wildman–Crippen LogP) is 3.54. The molecule has 2 aliphatic heterocycles. The third-order valence-electron chi connectivity index (χ3n) is 4.76. The second kappa shape index (κ2) is 7.20. The van der Waals surface area contributed by atoms with E-state index in [1.165, 1.54) is 17.3 Å². The van der Waals surface area contributed by atoms with Crippen LogP contribution in [0, 0.1) is 0 Å². The number of carbonyl (C=O) groups excluding carboxylic acids is 1. The fourth-order valence-corrected chi connectivity index (χ4v) is 4.05. The summed E-state index contributed by atoms with van der Waals surface area (Å²) in [5.74, 6) is 2.03. The van der Waals surface area contributed by atoms with Crippen molar-refractivity contribution < 1.29 is 18.7 Å². The normalized spacial score (nSPS) is 14.8. The molecule has 0 fully saturated rings. The van der Waals surface area contributed by atoms with E-state index in [4.69, 9.17) is 13.9 Å². The Morgan fingerprint density at radius 1 is 1.11 bits per heavy atom. The molecule has 2 aromatic carbocycles. The van der Waals surface area contributed by atoms with Gasteiger partial charge in [-0.25, -0.2) is 0 Å². The summed E-state index contributed by atoms with van der Waals surface area (Å²) >= 11 is 1.25. The van der Waals surface area contributed by atoms with Crippen LogP contribution in [-0.2, 0) is 11.2 Å². The lowest BCUT2D eigenvalue weighted by molar-refractivity contribution is -0.116. The van der Waals surface area contributed by atoms with Gasteiger partial charge in [0.1, 0.15) is 0 Å². The lowest BCUT2D eigenvalue weighted by Gasteiger charge is -2.29. The van der Waals surface area contributed by atoms with Gasteiger partial charge in [-0.1, -0.05) is 30.0 Å². The topological polar surface area (TPSA) is 77.7 Å². The van der Waals surface area contributed by atoms with E-state index in [1.54, 1.807) is 6.07 Å². The Hall–Kier alpha value is -3.00. The van der Waals surface area contributed by atoms with Crippen molar-refractivity contribution in [1.82, 2.24) is 10.2 Å². The number of rotatable bonds is 4. The van der Waals surface area contributed by atoms with Gasteiger partial charge in [0.05, 0.1) is 5.75 Å². The van der Waals surface area contributed by atoms with E-state index in [9.17, 15) is 4.79 Å². The minimum atomic E-state index is 0.0416. The van der Waals surface area contributed by atoms with Gasteiger partial charge in [0.25, 0.3) is 5.22 Å². The smallest absolute Gasteiger partial charge is 0.277 e. The maximum Gasteiger partial charge on any atom is 0.277 e. The summed E-state index contributed by atoms with van der Waals surface area (Å²) in [5.41, 5.74) is 2.97. The zero-order chi connectivity index (χ0) is 18.9. The van der Waals surface area contributed by atoms with Gasteiger partial charge in [-0.15, -0.1) is 10.2 Å². The number of nitrogens with zero attached hydrogens (tertiary/aromatic N) is 3. The van der Waals surface area contributed by atoms with Crippen LogP contribution in [0.1, 0.15) is 12.0 Å². The molecule has 1 aromatic heterocycles. The highest BCUT2D eigenvalue weighted by Crippen LogP contribution is 2.36. The summed E-state index contributed by atoms with van der Waals surface area (Å²) in [6, 6.07) is 13.5. The van der Waals surface area contributed by atoms with Gasteiger partial charge in [-0.05, 0) is 42.7 Å². The lowest BCUT2D eigenvalue weighted by Crippen LogP contribution is -2.36. The molecular weight excluding hydrogens is 378 g/mol. The number of hydrogen-bond donors (Lipinski definition) is 0. The number of aromatic nitrogens is 2. The van der Waals surface area contributed by atoms with Gasteiger partial charge in [-0.2, -0.15) is 0 Å². The third-order valence-corrected chi connectivity index (χ3v) is 5.56. The first kappa shape index (κ1) is 17.1. The van der Waals surface area contributed by atoms with Crippen molar-refractivity contribution in [3.05, 3.63) is 48.0 Å². The molecule has 0 saturated heterocycles. The first-order valence-electron chi connectivity index (χ1n) is 9.02. The molecule has 8 heteroatoms. The molecule has 2 aliphatic rings. The van der Waals surface area contributed by atoms with Crippen LogP contribution in [0.15, 0.2) is 52.1 Å². The summed E-state index contributed by atoms with van der Waals surface area (Å²) in [7, 11) is 0. The molecule has 0 unspecified atom stereocenters. The van der Waals surface area contributed by atoms with Gasteiger partial charge in [-0.3, -0.25) is 4.79 Å². The first-order valence-corrected chi connectivity index (χ1v) is 10.0. The van der Waals surface area contributed by atoms with E-state index in [1.807, 2.05) is 35.2 Å². The summed E-state index contributed by atoms with van der Waals surface area (Å²) in [6.45, 7) is 0.953. The van der Waals surface area contributed by atoms with Gasteiger partial charge < -0.3 is 18.8 Å². The average Bonchev–Trinajstić information content (AvgIpc) is 3.40. The van der Waals surface area contributed by atoms with Gasteiger partial charge in [0.2, 0.25) is 18.6 Å². The highest BCUT2D eigenvalue weighted by molar-refractivity contribution is 7.99. The molecule has 3 heterocycles. The summed E-state index contributed by atoms with van der Waals surface area (Å²) < 4.78 is 16.4. The summed E-state index contributed by atoms with van der Waals surface area (Å²) in [4.78, 5) is 14.6. The number of aryl methyl sites for hydroxylation is 1. The highest BCUT2D eigenvalue weighted by atomic mass is 32.2. The minimum Gasteiger partial charge on any atom is -0.454 e.